The standard InChI is InChI=1S/C18H21N3O6S/c1-21(28(24,25)15-9-7-14(26-2)8-10-15)12-17(22)20-19-11-13-5-4-6-16(27-3)18(13)23/h4-11,23H,12H2,1-3H3,(H,20,22)/b19-11-. The Bertz CT molecular complexity index is 958. The maximum Gasteiger partial charge on any atom is 0.255 e. The van der Waals surface area contributed by atoms with Crippen LogP contribution in [0.2, 0.25) is 0 Å². The Morgan fingerprint density at radius 1 is 1.18 bits per heavy atom. The molecule has 0 saturated heterocycles. The second kappa shape index (κ2) is 9.20. The number of phenols is 1. The summed E-state index contributed by atoms with van der Waals surface area (Å²) >= 11 is 0. The number of hydrogen-bond acceptors (Lipinski definition) is 7. The molecule has 0 heterocycles. The zero-order valence-electron chi connectivity index (χ0n) is 15.6. The van der Waals surface area contributed by atoms with Crippen molar-refractivity contribution in [2.24, 2.45) is 5.10 Å². The van der Waals surface area contributed by atoms with Gasteiger partial charge in [-0.25, -0.2) is 13.8 Å². The van der Waals surface area contributed by atoms with Crippen molar-refractivity contribution in [3.8, 4) is 17.2 Å². The van der Waals surface area contributed by atoms with Gasteiger partial charge in [0.25, 0.3) is 5.91 Å². The number of nitrogens with one attached hydrogen (secondary N) is 1. The molecule has 0 fully saturated rings. The fraction of sp³-hybridized carbons (Fsp3) is 0.222. The Labute approximate surface area is 163 Å². The van der Waals surface area contributed by atoms with Gasteiger partial charge in [-0.05, 0) is 36.4 Å². The average molecular weight is 407 g/mol. The summed E-state index contributed by atoms with van der Waals surface area (Å²) in [6.07, 6.45) is 1.23. The monoisotopic (exact) mass is 407 g/mol. The van der Waals surface area contributed by atoms with Crippen LogP contribution in [-0.4, -0.2) is 57.8 Å². The summed E-state index contributed by atoms with van der Waals surface area (Å²) in [5.41, 5.74) is 2.55. The number of hydrogen-bond donors (Lipinski definition) is 2. The number of rotatable bonds is 8. The van der Waals surface area contributed by atoms with Crippen LogP contribution in [0.15, 0.2) is 52.5 Å². The first-order valence-electron chi connectivity index (χ1n) is 8.08. The third kappa shape index (κ3) is 4.99. The van der Waals surface area contributed by atoms with Gasteiger partial charge >= 0.3 is 0 Å². The van der Waals surface area contributed by atoms with Gasteiger partial charge in [0.1, 0.15) is 5.75 Å². The Kier molecular flexibility index (Phi) is 6.96. The number of likely N-dealkylation sites (N-methyl/N-ethyl adjacent to an activating group) is 1. The van der Waals surface area contributed by atoms with Gasteiger partial charge in [-0.2, -0.15) is 9.41 Å². The molecule has 1 amide bonds. The van der Waals surface area contributed by atoms with Crippen LogP contribution in [0.5, 0.6) is 17.2 Å². The van der Waals surface area contributed by atoms with E-state index in [1.165, 1.54) is 51.7 Å². The second-order valence-corrected chi connectivity index (χ2v) is 7.67. The lowest BCUT2D eigenvalue weighted by atomic mass is 10.2. The van der Waals surface area contributed by atoms with Crippen molar-refractivity contribution in [2.75, 3.05) is 27.8 Å². The predicted octanol–water partition coefficient (Wildman–Crippen LogP) is 1.18. The van der Waals surface area contributed by atoms with Gasteiger partial charge in [-0.1, -0.05) is 6.07 Å². The summed E-state index contributed by atoms with van der Waals surface area (Å²) < 4.78 is 35.9. The van der Waals surface area contributed by atoms with E-state index in [9.17, 15) is 18.3 Å². The van der Waals surface area contributed by atoms with Crippen LogP contribution < -0.4 is 14.9 Å². The highest BCUT2D eigenvalue weighted by Gasteiger charge is 2.22. The van der Waals surface area contributed by atoms with Gasteiger partial charge in [-0.3, -0.25) is 4.79 Å². The Hall–Kier alpha value is -3.11. The Morgan fingerprint density at radius 2 is 1.86 bits per heavy atom. The fourth-order valence-electron chi connectivity index (χ4n) is 2.23. The molecule has 0 aliphatic heterocycles. The number of hydrazone groups is 1. The third-order valence-corrected chi connectivity index (χ3v) is 5.59. The van der Waals surface area contributed by atoms with Gasteiger partial charge in [0.15, 0.2) is 11.5 Å². The van der Waals surface area contributed by atoms with Gasteiger partial charge in [0.2, 0.25) is 10.0 Å². The second-order valence-electron chi connectivity index (χ2n) is 5.63. The van der Waals surface area contributed by atoms with Gasteiger partial charge in [-0.15, -0.1) is 0 Å². The first-order chi connectivity index (χ1) is 13.3. The third-order valence-electron chi connectivity index (χ3n) is 3.78. The molecule has 0 radical (unpaired) electrons. The molecule has 0 unspecified atom stereocenters. The lowest BCUT2D eigenvalue weighted by Gasteiger charge is -2.16. The number of methoxy groups -OCH3 is 2. The van der Waals surface area contributed by atoms with Crippen molar-refractivity contribution >= 4 is 22.1 Å². The van der Waals surface area contributed by atoms with Crippen molar-refractivity contribution < 1.29 is 27.8 Å². The van der Waals surface area contributed by atoms with E-state index < -0.39 is 22.5 Å². The number of benzene rings is 2. The van der Waals surface area contributed by atoms with Crippen molar-refractivity contribution in [2.45, 2.75) is 4.90 Å². The van der Waals surface area contributed by atoms with Crippen molar-refractivity contribution in [1.29, 1.82) is 0 Å². The van der Waals surface area contributed by atoms with Crippen LogP contribution in [0.4, 0.5) is 0 Å². The molecular formula is C18H21N3O6S. The van der Waals surface area contributed by atoms with Crippen LogP contribution in [-0.2, 0) is 14.8 Å². The maximum absolute atomic E-state index is 12.5. The number of carbonyl (C=O) groups excluding carboxylic acids is 1. The minimum Gasteiger partial charge on any atom is -0.504 e. The number of phenolic OH excluding ortho intramolecular Hbond substituents is 1. The van der Waals surface area contributed by atoms with Crippen LogP contribution >= 0.6 is 0 Å². The van der Waals surface area contributed by atoms with Crippen LogP contribution in [0.1, 0.15) is 5.56 Å². The van der Waals surface area contributed by atoms with Crippen molar-refractivity contribution in [3.63, 3.8) is 0 Å². The van der Waals surface area contributed by atoms with Gasteiger partial charge < -0.3 is 14.6 Å². The minimum atomic E-state index is -3.84. The number of ether oxygens (including phenoxy) is 2. The molecule has 2 aromatic carbocycles. The summed E-state index contributed by atoms with van der Waals surface area (Å²) in [7, 11) is 0.336. The minimum absolute atomic E-state index is 0.0356. The van der Waals surface area contributed by atoms with E-state index >= 15 is 0 Å². The molecule has 2 rings (SSSR count). The molecular weight excluding hydrogens is 386 g/mol. The maximum atomic E-state index is 12.5. The topological polar surface area (TPSA) is 118 Å². The number of para-hydroxylation sites is 1. The molecule has 0 aliphatic carbocycles. The highest BCUT2D eigenvalue weighted by Crippen LogP contribution is 2.27. The molecule has 0 bridgehead atoms. The SMILES string of the molecule is COc1ccc(S(=O)(=O)N(C)CC(=O)N/N=C\c2cccc(OC)c2O)cc1. The smallest absolute Gasteiger partial charge is 0.255 e. The highest BCUT2D eigenvalue weighted by atomic mass is 32.2. The zero-order chi connectivity index (χ0) is 20.7. The van der Waals surface area contributed by atoms with E-state index in [2.05, 4.69) is 10.5 Å². The summed E-state index contributed by atoms with van der Waals surface area (Å²) in [5.74, 6) is 0.0236. The van der Waals surface area contributed by atoms with Crippen LogP contribution in [0.3, 0.4) is 0 Å². The Morgan fingerprint density at radius 3 is 2.46 bits per heavy atom. The van der Waals surface area contributed by atoms with Crippen molar-refractivity contribution in [3.05, 3.63) is 48.0 Å². The van der Waals surface area contributed by atoms with E-state index in [-0.39, 0.29) is 16.4 Å². The normalized spacial score (nSPS) is 11.6. The molecule has 28 heavy (non-hydrogen) atoms. The molecule has 0 aromatic heterocycles. The largest absolute Gasteiger partial charge is 0.504 e. The Balaban J connectivity index is 2.00. The molecule has 0 atom stereocenters. The molecule has 0 saturated carbocycles. The summed E-state index contributed by atoms with van der Waals surface area (Å²) in [4.78, 5) is 12.0. The fourth-order valence-corrected chi connectivity index (χ4v) is 3.36. The van der Waals surface area contributed by atoms with E-state index in [0.717, 1.165) is 4.31 Å². The quantitative estimate of drug-likeness (QED) is 0.501. The molecule has 9 nitrogen and oxygen atoms in total. The van der Waals surface area contributed by atoms with E-state index in [1.54, 1.807) is 18.2 Å². The first kappa shape index (κ1) is 21.2. The molecule has 0 aliphatic rings. The van der Waals surface area contributed by atoms with Gasteiger partial charge in [0, 0.05) is 12.6 Å². The van der Waals surface area contributed by atoms with Crippen LogP contribution in [0.25, 0.3) is 0 Å². The number of sulfonamides is 1. The molecule has 150 valence electrons. The summed E-state index contributed by atoms with van der Waals surface area (Å²) in [5, 5.41) is 13.7. The molecule has 2 aromatic rings. The average Bonchev–Trinajstić information content (AvgIpc) is 2.69. The van der Waals surface area contributed by atoms with E-state index in [4.69, 9.17) is 9.47 Å². The summed E-state index contributed by atoms with van der Waals surface area (Å²) in [6.45, 7) is -0.435. The predicted molar refractivity (Wildman–Crippen MR) is 103 cm³/mol. The number of amides is 1. The number of aromatic hydroxyl groups is 1. The van der Waals surface area contributed by atoms with Gasteiger partial charge in [0.05, 0.1) is 31.9 Å². The first-order valence-corrected chi connectivity index (χ1v) is 9.52. The summed E-state index contributed by atoms with van der Waals surface area (Å²) in [6, 6.07) is 10.6. The highest BCUT2D eigenvalue weighted by molar-refractivity contribution is 7.89. The van der Waals surface area contributed by atoms with Crippen LogP contribution in [0, 0.1) is 0 Å². The number of nitrogens with zero attached hydrogens (tertiary/aromatic N) is 2. The molecule has 2 N–H and O–H groups in total. The van der Waals surface area contributed by atoms with Crippen molar-refractivity contribution in [1.82, 2.24) is 9.73 Å². The molecule has 0 spiro atoms. The lowest BCUT2D eigenvalue weighted by molar-refractivity contribution is -0.121. The lowest BCUT2D eigenvalue weighted by Crippen LogP contribution is -2.36. The number of carbonyl (C=O) groups is 1. The molecule has 10 heteroatoms. The zero-order valence-corrected chi connectivity index (χ0v) is 16.4. The van der Waals surface area contributed by atoms with E-state index in [0.29, 0.717) is 11.3 Å². The van der Waals surface area contributed by atoms with E-state index in [1.807, 2.05) is 0 Å².